The molecule has 4 aromatic rings. The molecule has 2 aromatic heterocycles. The van der Waals surface area contributed by atoms with Crippen molar-refractivity contribution < 1.29 is 13.9 Å². The van der Waals surface area contributed by atoms with Crippen molar-refractivity contribution in [1.29, 1.82) is 0 Å². The highest BCUT2D eigenvalue weighted by Gasteiger charge is 2.43. The molecule has 1 atom stereocenters. The first-order chi connectivity index (χ1) is 15.7. The summed E-state index contributed by atoms with van der Waals surface area (Å²) in [7, 11) is 1.83. The van der Waals surface area contributed by atoms with Gasteiger partial charge in [0.25, 0.3) is 5.91 Å². The molecule has 2 aromatic carbocycles. The van der Waals surface area contributed by atoms with Gasteiger partial charge in [-0.25, -0.2) is 0 Å². The van der Waals surface area contributed by atoms with Gasteiger partial charge < -0.3 is 14.1 Å². The zero-order chi connectivity index (χ0) is 22.1. The first-order valence-electron chi connectivity index (χ1n) is 10.9. The van der Waals surface area contributed by atoms with E-state index in [9.17, 15) is 4.79 Å². The SMILES string of the molecule is CCCOc1ccc(C2c3c(-c4ccccc4)nn(C)c3C(=O)N2Cc2ccco2)cc1. The lowest BCUT2D eigenvalue weighted by Gasteiger charge is -2.26. The third-order valence-electron chi connectivity index (χ3n) is 5.75. The van der Waals surface area contributed by atoms with Crippen LogP contribution >= 0.6 is 0 Å². The number of hydrogen-bond donors (Lipinski definition) is 0. The van der Waals surface area contributed by atoms with Crippen LogP contribution in [0.3, 0.4) is 0 Å². The molecule has 1 aliphatic heterocycles. The maximum Gasteiger partial charge on any atom is 0.273 e. The van der Waals surface area contributed by atoms with Crippen LogP contribution in [0.1, 0.15) is 46.8 Å². The molecule has 0 radical (unpaired) electrons. The minimum Gasteiger partial charge on any atom is -0.494 e. The van der Waals surface area contributed by atoms with E-state index < -0.39 is 0 Å². The first-order valence-corrected chi connectivity index (χ1v) is 10.9. The molecule has 0 spiro atoms. The topological polar surface area (TPSA) is 60.5 Å². The number of benzene rings is 2. The molecular weight excluding hydrogens is 402 g/mol. The summed E-state index contributed by atoms with van der Waals surface area (Å²) < 4.78 is 13.0. The number of ether oxygens (including phenoxy) is 1. The van der Waals surface area contributed by atoms with Crippen molar-refractivity contribution in [3.63, 3.8) is 0 Å². The van der Waals surface area contributed by atoms with E-state index >= 15 is 0 Å². The smallest absolute Gasteiger partial charge is 0.273 e. The average molecular weight is 428 g/mol. The molecule has 1 aliphatic rings. The highest BCUT2D eigenvalue weighted by molar-refractivity contribution is 6.00. The van der Waals surface area contributed by atoms with E-state index in [1.807, 2.05) is 78.7 Å². The molecule has 0 aliphatic carbocycles. The van der Waals surface area contributed by atoms with Gasteiger partial charge in [0.2, 0.25) is 0 Å². The Labute approximate surface area is 187 Å². The summed E-state index contributed by atoms with van der Waals surface area (Å²) in [4.78, 5) is 15.4. The van der Waals surface area contributed by atoms with Crippen LogP contribution in [-0.4, -0.2) is 27.2 Å². The maximum atomic E-state index is 13.6. The Morgan fingerprint density at radius 1 is 1.03 bits per heavy atom. The second-order valence-electron chi connectivity index (χ2n) is 7.93. The van der Waals surface area contributed by atoms with Gasteiger partial charge in [-0.2, -0.15) is 5.10 Å². The normalized spacial score (nSPS) is 15.2. The molecular formula is C26H25N3O3. The fourth-order valence-electron chi connectivity index (χ4n) is 4.32. The first kappa shape index (κ1) is 20.1. The Hall–Kier alpha value is -3.80. The summed E-state index contributed by atoms with van der Waals surface area (Å²) in [5.41, 5.74) is 4.38. The predicted molar refractivity (Wildman–Crippen MR) is 121 cm³/mol. The third-order valence-corrected chi connectivity index (χ3v) is 5.75. The number of carbonyl (C=O) groups is 1. The standard InChI is InChI=1S/C26H25N3O3/c1-3-15-31-20-13-11-19(12-14-20)24-22-23(18-8-5-4-6-9-18)27-28(2)25(22)26(30)29(24)17-21-10-7-16-32-21/h4-14,16,24H,3,15,17H2,1-2H3. The van der Waals surface area contributed by atoms with Crippen molar-refractivity contribution >= 4 is 5.91 Å². The Kier molecular flexibility index (Phi) is 5.27. The highest BCUT2D eigenvalue weighted by atomic mass is 16.5. The molecule has 6 heteroatoms. The molecule has 162 valence electrons. The van der Waals surface area contributed by atoms with Crippen LogP contribution in [0.2, 0.25) is 0 Å². The van der Waals surface area contributed by atoms with Gasteiger partial charge >= 0.3 is 0 Å². The van der Waals surface area contributed by atoms with Gasteiger partial charge in [0.15, 0.2) is 0 Å². The molecule has 0 saturated heterocycles. The quantitative estimate of drug-likeness (QED) is 0.406. The monoisotopic (exact) mass is 427 g/mol. The van der Waals surface area contributed by atoms with E-state index in [1.165, 1.54) is 0 Å². The lowest BCUT2D eigenvalue weighted by Crippen LogP contribution is -2.29. The predicted octanol–water partition coefficient (Wildman–Crippen LogP) is 5.21. The number of hydrogen-bond acceptors (Lipinski definition) is 4. The second kappa shape index (κ2) is 8.38. The number of fused-ring (bicyclic) bond motifs is 1. The van der Waals surface area contributed by atoms with Gasteiger partial charge in [-0.05, 0) is 36.2 Å². The minimum absolute atomic E-state index is 0.0510. The largest absolute Gasteiger partial charge is 0.494 e. The number of aryl methyl sites for hydroxylation is 1. The maximum absolute atomic E-state index is 13.6. The zero-order valence-corrected chi connectivity index (χ0v) is 18.2. The van der Waals surface area contributed by atoms with E-state index in [4.69, 9.17) is 14.3 Å². The summed E-state index contributed by atoms with van der Waals surface area (Å²) in [6, 6.07) is 21.5. The van der Waals surface area contributed by atoms with Crippen LogP contribution in [0.25, 0.3) is 11.3 Å². The van der Waals surface area contributed by atoms with E-state index in [-0.39, 0.29) is 11.9 Å². The van der Waals surface area contributed by atoms with Gasteiger partial charge in [0, 0.05) is 18.2 Å². The number of furan rings is 1. The van der Waals surface area contributed by atoms with Crippen LogP contribution in [0.15, 0.2) is 77.4 Å². The lowest BCUT2D eigenvalue weighted by atomic mass is 9.96. The lowest BCUT2D eigenvalue weighted by molar-refractivity contribution is 0.0713. The summed E-state index contributed by atoms with van der Waals surface area (Å²) >= 11 is 0. The Morgan fingerprint density at radius 2 is 1.81 bits per heavy atom. The van der Waals surface area contributed by atoms with Crippen molar-refractivity contribution in [2.24, 2.45) is 7.05 Å². The molecule has 0 fully saturated rings. The average Bonchev–Trinajstić information content (AvgIpc) is 3.52. The summed E-state index contributed by atoms with van der Waals surface area (Å²) in [6.45, 7) is 3.14. The van der Waals surface area contributed by atoms with E-state index in [0.717, 1.165) is 40.3 Å². The molecule has 5 rings (SSSR count). The molecule has 32 heavy (non-hydrogen) atoms. The molecule has 0 N–H and O–H groups in total. The third kappa shape index (κ3) is 3.47. The number of nitrogens with zero attached hydrogens (tertiary/aromatic N) is 3. The summed E-state index contributed by atoms with van der Waals surface area (Å²) in [5.74, 6) is 1.52. The van der Waals surface area contributed by atoms with Crippen LogP contribution in [-0.2, 0) is 13.6 Å². The Balaban J connectivity index is 1.62. The molecule has 0 saturated carbocycles. The van der Waals surface area contributed by atoms with Crippen LogP contribution < -0.4 is 4.74 Å². The van der Waals surface area contributed by atoms with Crippen molar-refractivity contribution in [1.82, 2.24) is 14.7 Å². The highest BCUT2D eigenvalue weighted by Crippen LogP contribution is 2.44. The summed E-state index contributed by atoms with van der Waals surface area (Å²) in [6.07, 6.45) is 2.59. The molecule has 1 unspecified atom stereocenters. The molecule has 6 nitrogen and oxygen atoms in total. The van der Waals surface area contributed by atoms with Crippen molar-refractivity contribution in [2.75, 3.05) is 6.61 Å². The zero-order valence-electron chi connectivity index (χ0n) is 18.2. The van der Waals surface area contributed by atoms with E-state index in [2.05, 4.69) is 6.92 Å². The van der Waals surface area contributed by atoms with E-state index in [1.54, 1.807) is 10.9 Å². The van der Waals surface area contributed by atoms with Crippen molar-refractivity contribution in [2.45, 2.75) is 25.9 Å². The van der Waals surface area contributed by atoms with Gasteiger partial charge in [-0.1, -0.05) is 49.4 Å². The molecule has 1 amide bonds. The number of rotatable bonds is 7. The van der Waals surface area contributed by atoms with Gasteiger partial charge in [-0.3, -0.25) is 9.48 Å². The second-order valence-corrected chi connectivity index (χ2v) is 7.93. The van der Waals surface area contributed by atoms with Crippen molar-refractivity contribution in [3.05, 3.63) is 95.6 Å². The van der Waals surface area contributed by atoms with Crippen LogP contribution in [0, 0.1) is 0 Å². The molecule has 3 heterocycles. The van der Waals surface area contributed by atoms with E-state index in [0.29, 0.717) is 18.8 Å². The molecule has 0 bridgehead atoms. The van der Waals surface area contributed by atoms with Gasteiger partial charge in [-0.15, -0.1) is 0 Å². The van der Waals surface area contributed by atoms with Gasteiger partial charge in [0.1, 0.15) is 17.2 Å². The Morgan fingerprint density at radius 3 is 2.50 bits per heavy atom. The number of amides is 1. The fourth-order valence-corrected chi connectivity index (χ4v) is 4.32. The minimum atomic E-state index is -0.272. The summed E-state index contributed by atoms with van der Waals surface area (Å²) in [5, 5.41) is 4.74. The van der Waals surface area contributed by atoms with Crippen molar-refractivity contribution in [3.8, 4) is 17.0 Å². The van der Waals surface area contributed by atoms with Crippen LogP contribution in [0.4, 0.5) is 0 Å². The number of aromatic nitrogens is 2. The Bertz CT molecular complexity index is 1210. The van der Waals surface area contributed by atoms with Crippen LogP contribution in [0.5, 0.6) is 5.75 Å². The fraction of sp³-hybridized carbons (Fsp3) is 0.231. The van der Waals surface area contributed by atoms with Gasteiger partial charge in [0.05, 0.1) is 31.2 Å². The number of carbonyl (C=O) groups excluding carboxylic acids is 1.